The van der Waals surface area contributed by atoms with Crippen LogP contribution in [0.3, 0.4) is 0 Å². The van der Waals surface area contributed by atoms with Gasteiger partial charge in [-0.3, -0.25) is 4.79 Å². The van der Waals surface area contributed by atoms with Crippen LogP contribution < -0.4 is 19.4 Å². The zero-order valence-corrected chi connectivity index (χ0v) is 24.6. The van der Waals surface area contributed by atoms with Crippen LogP contribution in [-0.2, 0) is 17.8 Å². The van der Waals surface area contributed by atoms with E-state index in [2.05, 4.69) is 36.0 Å². The lowest BCUT2D eigenvalue weighted by atomic mass is 10.1. The number of benzene rings is 1. The SMILES string of the molecule is CCCCCCCCCCCCCCOc1ccc(OCC(=O)NCCc2cccc[n+]2CCC)c(Cl)c1. The Morgan fingerprint density at radius 2 is 1.53 bits per heavy atom. The topological polar surface area (TPSA) is 51.4 Å². The van der Waals surface area contributed by atoms with Gasteiger partial charge in [-0.25, -0.2) is 4.57 Å². The first-order chi connectivity index (χ1) is 18.6. The molecule has 6 heteroatoms. The van der Waals surface area contributed by atoms with Gasteiger partial charge in [0.25, 0.3) is 5.91 Å². The van der Waals surface area contributed by atoms with Crippen molar-refractivity contribution in [3.63, 3.8) is 0 Å². The standard InChI is InChI=1S/C32H49ClN2O3/c1-3-5-6-7-8-9-10-11-12-13-14-17-25-37-29-19-20-31(30(33)26-29)38-27-32(36)34-22-21-28-18-15-16-24-35(28)23-4-2/h15-16,18-20,24,26H,3-14,17,21-23,25,27H2,1-2H3/p+1. The van der Waals surface area contributed by atoms with Gasteiger partial charge in [0, 0.05) is 37.6 Å². The Labute approximate surface area is 236 Å². The van der Waals surface area contributed by atoms with Crippen molar-refractivity contribution < 1.29 is 18.8 Å². The van der Waals surface area contributed by atoms with Gasteiger partial charge in [-0.15, -0.1) is 0 Å². The zero-order valence-electron chi connectivity index (χ0n) is 23.8. The number of nitrogens with one attached hydrogen (secondary N) is 1. The summed E-state index contributed by atoms with van der Waals surface area (Å²) in [6, 6.07) is 11.5. The van der Waals surface area contributed by atoms with Crippen LogP contribution in [0, 0.1) is 0 Å². The Balaban J connectivity index is 1.53. The van der Waals surface area contributed by atoms with Crippen LogP contribution in [-0.4, -0.2) is 25.7 Å². The molecule has 1 aromatic heterocycles. The van der Waals surface area contributed by atoms with E-state index in [0.717, 1.165) is 31.6 Å². The third-order valence-corrected chi connectivity index (χ3v) is 7.03. The van der Waals surface area contributed by atoms with Gasteiger partial charge >= 0.3 is 0 Å². The fourth-order valence-corrected chi connectivity index (χ4v) is 4.77. The minimum atomic E-state index is -0.161. The molecule has 2 aromatic rings. The number of hydrogen-bond donors (Lipinski definition) is 1. The van der Waals surface area contributed by atoms with Crippen LogP contribution in [0.2, 0.25) is 5.02 Å². The third-order valence-electron chi connectivity index (χ3n) is 6.73. The summed E-state index contributed by atoms with van der Waals surface area (Å²) in [5, 5.41) is 3.38. The summed E-state index contributed by atoms with van der Waals surface area (Å²) in [7, 11) is 0. The Hall–Kier alpha value is -2.27. The third kappa shape index (κ3) is 14.0. The second kappa shape index (κ2) is 20.7. The van der Waals surface area contributed by atoms with Crippen LogP contribution in [0.5, 0.6) is 11.5 Å². The highest BCUT2D eigenvalue weighted by molar-refractivity contribution is 6.32. The van der Waals surface area contributed by atoms with Crippen molar-refractivity contribution in [2.45, 2.75) is 110 Å². The van der Waals surface area contributed by atoms with E-state index in [0.29, 0.717) is 23.9 Å². The number of carbonyl (C=O) groups is 1. The van der Waals surface area contributed by atoms with E-state index in [1.807, 2.05) is 18.2 Å². The summed E-state index contributed by atoms with van der Waals surface area (Å²) in [6.07, 6.45) is 19.8. The van der Waals surface area contributed by atoms with Gasteiger partial charge in [0.2, 0.25) is 0 Å². The molecule has 212 valence electrons. The Bertz CT molecular complexity index is 906. The number of carbonyl (C=O) groups excluding carboxylic acids is 1. The molecule has 0 saturated carbocycles. The highest BCUT2D eigenvalue weighted by Gasteiger charge is 2.11. The first kappa shape index (κ1) is 31.9. The quantitative estimate of drug-likeness (QED) is 0.121. The molecule has 0 fully saturated rings. The van der Waals surface area contributed by atoms with Crippen molar-refractivity contribution in [1.29, 1.82) is 0 Å². The molecule has 0 aliphatic heterocycles. The summed E-state index contributed by atoms with van der Waals surface area (Å²) in [4.78, 5) is 12.2. The Morgan fingerprint density at radius 3 is 2.18 bits per heavy atom. The smallest absolute Gasteiger partial charge is 0.257 e. The number of aromatic nitrogens is 1. The van der Waals surface area contributed by atoms with Gasteiger partial charge in [-0.2, -0.15) is 0 Å². The van der Waals surface area contributed by atoms with Crippen molar-refractivity contribution in [2.24, 2.45) is 0 Å². The predicted octanol–water partition coefficient (Wildman–Crippen LogP) is 7.86. The lowest BCUT2D eigenvalue weighted by Crippen LogP contribution is -2.40. The predicted molar refractivity (Wildman–Crippen MR) is 157 cm³/mol. The molecule has 0 bridgehead atoms. The fourth-order valence-electron chi connectivity index (χ4n) is 4.54. The second-order valence-corrected chi connectivity index (χ2v) is 10.5. The van der Waals surface area contributed by atoms with Gasteiger partial charge in [-0.05, 0) is 18.6 Å². The molecule has 38 heavy (non-hydrogen) atoms. The van der Waals surface area contributed by atoms with Crippen molar-refractivity contribution >= 4 is 17.5 Å². The molecule has 5 nitrogen and oxygen atoms in total. The largest absolute Gasteiger partial charge is 0.494 e. The summed E-state index contributed by atoms with van der Waals surface area (Å²) in [5.74, 6) is 1.06. The number of halogens is 1. The highest BCUT2D eigenvalue weighted by Crippen LogP contribution is 2.29. The number of amides is 1. The van der Waals surface area contributed by atoms with Crippen LogP contribution in [0.4, 0.5) is 0 Å². The van der Waals surface area contributed by atoms with Crippen molar-refractivity contribution in [3.05, 3.63) is 53.3 Å². The fraction of sp³-hybridized carbons (Fsp3) is 0.625. The van der Waals surface area contributed by atoms with Gasteiger partial charge in [-0.1, -0.05) is 102 Å². The molecule has 0 aliphatic rings. The maximum atomic E-state index is 12.2. The number of nitrogens with zero attached hydrogens (tertiary/aromatic N) is 1. The van der Waals surface area contributed by atoms with Crippen LogP contribution >= 0.6 is 11.6 Å². The Kier molecular flexibility index (Phi) is 17.4. The van der Waals surface area contributed by atoms with E-state index in [9.17, 15) is 4.79 Å². The maximum absolute atomic E-state index is 12.2. The van der Waals surface area contributed by atoms with E-state index in [4.69, 9.17) is 21.1 Å². The van der Waals surface area contributed by atoms with Gasteiger partial charge in [0.05, 0.1) is 11.6 Å². The molecule has 1 N–H and O–H groups in total. The Morgan fingerprint density at radius 1 is 0.842 bits per heavy atom. The first-order valence-electron chi connectivity index (χ1n) is 14.9. The number of ether oxygens (including phenoxy) is 2. The minimum Gasteiger partial charge on any atom is -0.494 e. The number of hydrogen-bond acceptors (Lipinski definition) is 3. The van der Waals surface area contributed by atoms with E-state index in [1.54, 1.807) is 12.1 Å². The van der Waals surface area contributed by atoms with Crippen molar-refractivity contribution in [2.75, 3.05) is 19.8 Å². The molecular weight excluding hydrogens is 496 g/mol. The number of pyridine rings is 1. The molecule has 0 unspecified atom stereocenters. The molecule has 0 aliphatic carbocycles. The monoisotopic (exact) mass is 545 g/mol. The van der Waals surface area contributed by atoms with E-state index < -0.39 is 0 Å². The lowest BCUT2D eigenvalue weighted by molar-refractivity contribution is -0.704. The van der Waals surface area contributed by atoms with Crippen molar-refractivity contribution in [1.82, 2.24) is 5.32 Å². The molecule has 1 heterocycles. The molecule has 1 amide bonds. The van der Waals surface area contributed by atoms with E-state index >= 15 is 0 Å². The average molecular weight is 546 g/mol. The van der Waals surface area contributed by atoms with E-state index in [1.165, 1.54) is 76.3 Å². The highest BCUT2D eigenvalue weighted by atomic mass is 35.5. The van der Waals surface area contributed by atoms with E-state index in [-0.39, 0.29) is 12.5 Å². The number of aryl methyl sites for hydroxylation is 1. The first-order valence-corrected chi connectivity index (χ1v) is 15.3. The lowest BCUT2D eigenvalue weighted by Gasteiger charge is -2.11. The second-order valence-electron chi connectivity index (χ2n) is 10.1. The minimum absolute atomic E-state index is 0.0669. The molecule has 1 aromatic carbocycles. The summed E-state index contributed by atoms with van der Waals surface area (Å²) >= 11 is 6.36. The van der Waals surface area contributed by atoms with Gasteiger partial charge < -0.3 is 14.8 Å². The normalized spacial score (nSPS) is 10.9. The molecular formula is C32H50ClN2O3+. The summed E-state index contributed by atoms with van der Waals surface area (Å²) in [6.45, 7) is 6.59. The van der Waals surface area contributed by atoms with Crippen LogP contribution in [0.15, 0.2) is 42.6 Å². The van der Waals surface area contributed by atoms with Crippen molar-refractivity contribution in [3.8, 4) is 11.5 Å². The molecule has 0 atom stereocenters. The zero-order chi connectivity index (χ0) is 27.3. The molecule has 0 spiro atoms. The maximum Gasteiger partial charge on any atom is 0.257 e. The molecule has 0 saturated heterocycles. The van der Waals surface area contributed by atoms with Gasteiger partial charge in [0.1, 0.15) is 18.0 Å². The van der Waals surface area contributed by atoms with Crippen LogP contribution in [0.1, 0.15) is 103 Å². The summed E-state index contributed by atoms with van der Waals surface area (Å²) < 4.78 is 13.7. The molecule has 2 rings (SSSR count). The number of unbranched alkanes of at least 4 members (excludes halogenated alkanes) is 11. The average Bonchev–Trinajstić information content (AvgIpc) is 2.92. The summed E-state index contributed by atoms with van der Waals surface area (Å²) in [5.41, 5.74) is 1.21. The van der Waals surface area contributed by atoms with Gasteiger partial charge in [0.15, 0.2) is 18.5 Å². The number of rotatable bonds is 22. The molecule has 0 radical (unpaired) electrons. The van der Waals surface area contributed by atoms with Crippen LogP contribution in [0.25, 0.3) is 0 Å².